The lowest BCUT2D eigenvalue weighted by atomic mass is 9.85. The van der Waals surface area contributed by atoms with Crippen LogP contribution in [0.15, 0.2) is 12.2 Å². The third kappa shape index (κ3) is 3.06. The molecule has 64 valence electrons. The van der Waals surface area contributed by atoms with Crippen molar-refractivity contribution >= 4 is 0 Å². The van der Waals surface area contributed by atoms with E-state index in [1.807, 2.05) is 0 Å². The Labute approximate surface area is 69.4 Å². The maximum Gasteiger partial charge on any atom is 0.0464 e. The van der Waals surface area contributed by atoms with Crippen LogP contribution in [0.25, 0.3) is 0 Å². The first-order valence-electron chi connectivity index (χ1n) is 4.48. The normalized spacial score (nSPS) is 20.6. The quantitative estimate of drug-likeness (QED) is 0.568. The molecule has 1 aliphatic rings. The van der Waals surface area contributed by atoms with Crippen LogP contribution in [0.2, 0.25) is 0 Å². The summed E-state index contributed by atoms with van der Waals surface area (Å²) in [5.41, 5.74) is 1.44. The van der Waals surface area contributed by atoms with Crippen LogP contribution in [0, 0.1) is 5.92 Å². The molecule has 1 fully saturated rings. The van der Waals surface area contributed by atoms with Crippen molar-refractivity contribution in [3.8, 4) is 0 Å². The van der Waals surface area contributed by atoms with Gasteiger partial charge in [-0.2, -0.15) is 0 Å². The molecule has 0 aromatic carbocycles. The molecule has 0 radical (unpaired) electrons. The SMILES string of the molecule is C=C1CCC(CCOC)CC1. The summed E-state index contributed by atoms with van der Waals surface area (Å²) in [6.07, 6.45) is 6.40. The van der Waals surface area contributed by atoms with Gasteiger partial charge in [-0.15, -0.1) is 0 Å². The lowest BCUT2D eigenvalue weighted by Gasteiger charge is -2.22. The van der Waals surface area contributed by atoms with Crippen molar-refractivity contribution in [2.24, 2.45) is 5.92 Å². The Kier molecular flexibility index (Phi) is 3.64. The Balaban J connectivity index is 2.12. The molecule has 1 aliphatic carbocycles. The standard InChI is InChI=1S/C10H18O/c1-9-3-5-10(6-4-9)7-8-11-2/h10H,1,3-8H2,2H3. The molecule has 0 aromatic rings. The number of hydrogen-bond donors (Lipinski definition) is 0. The van der Waals surface area contributed by atoms with E-state index < -0.39 is 0 Å². The smallest absolute Gasteiger partial charge is 0.0464 e. The minimum atomic E-state index is 0.903. The number of ether oxygens (including phenoxy) is 1. The van der Waals surface area contributed by atoms with Crippen molar-refractivity contribution in [1.82, 2.24) is 0 Å². The van der Waals surface area contributed by atoms with Gasteiger partial charge in [0.1, 0.15) is 0 Å². The molecule has 0 heterocycles. The third-order valence-electron chi connectivity index (χ3n) is 2.54. The Bertz CT molecular complexity index is 119. The summed E-state index contributed by atoms with van der Waals surface area (Å²) in [6.45, 7) is 4.93. The summed E-state index contributed by atoms with van der Waals surface area (Å²) < 4.78 is 5.05. The zero-order valence-electron chi connectivity index (χ0n) is 7.44. The Morgan fingerprint density at radius 3 is 2.64 bits per heavy atom. The molecular weight excluding hydrogens is 136 g/mol. The second-order valence-corrected chi connectivity index (χ2v) is 3.47. The summed E-state index contributed by atoms with van der Waals surface area (Å²) >= 11 is 0. The van der Waals surface area contributed by atoms with Crippen molar-refractivity contribution in [3.63, 3.8) is 0 Å². The number of methoxy groups -OCH3 is 1. The van der Waals surface area contributed by atoms with Crippen molar-refractivity contribution in [2.45, 2.75) is 32.1 Å². The molecule has 0 unspecified atom stereocenters. The van der Waals surface area contributed by atoms with E-state index >= 15 is 0 Å². The van der Waals surface area contributed by atoms with Crippen LogP contribution in [0.5, 0.6) is 0 Å². The van der Waals surface area contributed by atoms with Crippen molar-refractivity contribution < 1.29 is 4.74 Å². The fourth-order valence-electron chi connectivity index (χ4n) is 1.66. The monoisotopic (exact) mass is 154 g/mol. The molecule has 0 amide bonds. The summed E-state index contributed by atoms with van der Waals surface area (Å²) in [4.78, 5) is 0. The molecule has 11 heavy (non-hydrogen) atoms. The predicted octanol–water partition coefficient (Wildman–Crippen LogP) is 2.77. The van der Waals surface area contributed by atoms with E-state index in [2.05, 4.69) is 6.58 Å². The van der Waals surface area contributed by atoms with Crippen molar-refractivity contribution in [1.29, 1.82) is 0 Å². The van der Waals surface area contributed by atoms with E-state index in [-0.39, 0.29) is 0 Å². The molecule has 0 atom stereocenters. The van der Waals surface area contributed by atoms with E-state index in [1.165, 1.54) is 37.7 Å². The molecule has 0 saturated heterocycles. The third-order valence-corrected chi connectivity index (χ3v) is 2.54. The van der Waals surface area contributed by atoms with Gasteiger partial charge in [-0.25, -0.2) is 0 Å². The lowest BCUT2D eigenvalue weighted by Crippen LogP contribution is -2.09. The van der Waals surface area contributed by atoms with Gasteiger partial charge in [0.15, 0.2) is 0 Å². The minimum Gasteiger partial charge on any atom is -0.385 e. The molecule has 1 saturated carbocycles. The second kappa shape index (κ2) is 4.55. The second-order valence-electron chi connectivity index (χ2n) is 3.47. The summed E-state index contributed by atoms with van der Waals surface area (Å²) in [7, 11) is 1.78. The Morgan fingerprint density at radius 1 is 1.45 bits per heavy atom. The van der Waals surface area contributed by atoms with Crippen LogP contribution >= 0.6 is 0 Å². The molecule has 1 nitrogen and oxygen atoms in total. The predicted molar refractivity (Wildman–Crippen MR) is 47.6 cm³/mol. The summed E-state index contributed by atoms with van der Waals surface area (Å²) in [5, 5.41) is 0. The molecule has 1 rings (SSSR count). The Morgan fingerprint density at radius 2 is 2.09 bits per heavy atom. The molecule has 0 N–H and O–H groups in total. The fourth-order valence-corrected chi connectivity index (χ4v) is 1.66. The maximum atomic E-state index is 5.05. The van der Waals surface area contributed by atoms with Crippen molar-refractivity contribution in [3.05, 3.63) is 12.2 Å². The van der Waals surface area contributed by atoms with Gasteiger partial charge in [0.25, 0.3) is 0 Å². The molecule has 0 bridgehead atoms. The molecule has 0 spiro atoms. The highest BCUT2D eigenvalue weighted by molar-refractivity contribution is 4.98. The Hall–Kier alpha value is -0.300. The highest BCUT2D eigenvalue weighted by atomic mass is 16.5. The molecule has 0 aliphatic heterocycles. The van der Waals surface area contributed by atoms with Crippen LogP contribution in [-0.2, 0) is 4.74 Å². The van der Waals surface area contributed by atoms with E-state index in [0.29, 0.717) is 0 Å². The van der Waals surface area contributed by atoms with Gasteiger partial charge in [-0.1, -0.05) is 12.2 Å². The van der Waals surface area contributed by atoms with Crippen LogP contribution in [0.4, 0.5) is 0 Å². The molecule has 0 aromatic heterocycles. The topological polar surface area (TPSA) is 9.23 Å². The van der Waals surface area contributed by atoms with Gasteiger partial charge >= 0.3 is 0 Å². The van der Waals surface area contributed by atoms with Crippen molar-refractivity contribution in [2.75, 3.05) is 13.7 Å². The van der Waals surface area contributed by atoms with E-state index in [1.54, 1.807) is 7.11 Å². The van der Waals surface area contributed by atoms with Gasteiger partial charge in [0, 0.05) is 13.7 Å². The first-order valence-corrected chi connectivity index (χ1v) is 4.48. The summed E-state index contributed by atoms with van der Waals surface area (Å²) in [5.74, 6) is 0.903. The maximum absolute atomic E-state index is 5.05. The van der Waals surface area contributed by atoms with Gasteiger partial charge in [0.05, 0.1) is 0 Å². The van der Waals surface area contributed by atoms with Gasteiger partial charge in [-0.3, -0.25) is 0 Å². The van der Waals surface area contributed by atoms with Crippen LogP contribution in [0.1, 0.15) is 32.1 Å². The first kappa shape index (κ1) is 8.79. The number of allylic oxidation sites excluding steroid dienone is 1. The zero-order chi connectivity index (χ0) is 8.10. The van der Waals surface area contributed by atoms with Crippen LogP contribution < -0.4 is 0 Å². The average molecular weight is 154 g/mol. The first-order chi connectivity index (χ1) is 5.33. The minimum absolute atomic E-state index is 0.903. The van der Waals surface area contributed by atoms with Gasteiger partial charge < -0.3 is 4.74 Å². The number of rotatable bonds is 3. The van der Waals surface area contributed by atoms with E-state index in [0.717, 1.165) is 12.5 Å². The van der Waals surface area contributed by atoms with Gasteiger partial charge in [-0.05, 0) is 38.0 Å². The lowest BCUT2D eigenvalue weighted by molar-refractivity contribution is 0.170. The highest BCUT2D eigenvalue weighted by Gasteiger charge is 2.14. The van der Waals surface area contributed by atoms with Crippen LogP contribution in [-0.4, -0.2) is 13.7 Å². The fraction of sp³-hybridized carbons (Fsp3) is 0.800. The summed E-state index contributed by atoms with van der Waals surface area (Å²) in [6, 6.07) is 0. The molecular formula is C10H18O. The molecule has 1 heteroatoms. The largest absolute Gasteiger partial charge is 0.385 e. The zero-order valence-corrected chi connectivity index (χ0v) is 7.44. The van der Waals surface area contributed by atoms with E-state index in [4.69, 9.17) is 4.74 Å². The van der Waals surface area contributed by atoms with E-state index in [9.17, 15) is 0 Å². The van der Waals surface area contributed by atoms with Crippen LogP contribution in [0.3, 0.4) is 0 Å². The number of hydrogen-bond acceptors (Lipinski definition) is 1. The van der Waals surface area contributed by atoms with Gasteiger partial charge in [0.2, 0.25) is 0 Å². The average Bonchev–Trinajstić information content (AvgIpc) is 2.04. The highest BCUT2D eigenvalue weighted by Crippen LogP contribution is 2.28.